The van der Waals surface area contributed by atoms with E-state index in [0.29, 0.717) is 28.6 Å². The molecule has 0 bridgehead atoms. The summed E-state index contributed by atoms with van der Waals surface area (Å²) in [5, 5.41) is 5.64. The smallest absolute Gasteiger partial charge is 0.255 e. The van der Waals surface area contributed by atoms with Crippen molar-refractivity contribution in [2.24, 2.45) is 0 Å². The Morgan fingerprint density at radius 2 is 1.81 bits per heavy atom. The first-order valence-electron chi connectivity index (χ1n) is 8.11. The van der Waals surface area contributed by atoms with E-state index in [2.05, 4.69) is 15.6 Å². The Bertz CT molecular complexity index is 963. The Balaban J connectivity index is 1.81. The Morgan fingerprint density at radius 3 is 2.56 bits per heavy atom. The number of amides is 1. The molecule has 3 aromatic rings. The van der Waals surface area contributed by atoms with E-state index in [9.17, 15) is 9.18 Å². The number of ether oxygens (including phenoxy) is 2. The molecular formula is C20H18FN3O3. The zero-order valence-corrected chi connectivity index (χ0v) is 14.8. The lowest BCUT2D eigenvalue weighted by molar-refractivity contribution is 0.102. The molecule has 0 radical (unpaired) electrons. The summed E-state index contributed by atoms with van der Waals surface area (Å²) in [4.78, 5) is 16.7. The molecule has 2 N–H and O–H groups in total. The first-order valence-corrected chi connectivity index (χ1v) is 8.11. The third-order valence-corrected chi connectivity index (χ3v) is 3.81. The summed E-state index contributed by atoms with van der Waals surface area (Å²) < 4.78 is 24.2. The fourth-order valence-corrected chi connectivity index (χ4v) is 2.45. The summed E-state index contributed by atoms with van der Waals surface area (Å²) in [6.45, 7) is 0. The number of nitrogens with one attached hydrogen (secondary N) is 2. The number of nitrogens with zero attached hydrogens (tertiary/aromatic N) is 1. The number of methoxy groups -OCH3 is 2. The van der Waals surface area contributed by atoms with Gasteiger partial charge in [0.15, 0.2) is 0 Å². The van der Waals surface area contributed by atoms with E-state index in [-0.39, 0.29) is 11.6 Å². The number of carbonyl (C=O) groups is 1. The number of para-hydroxylation sites is 1. The Kier molecular flexibility index (Phi) is 5.51. The number of rotatable bonds is 6. The highest BCUT2D eigenvalue weighted by Crippen LogP contribution is 2.29. The number of aromatic nitrogens is 1. The maximum absolute atomic E-state index is 13.8. The molecule has 27 heavy (non-hydrogen) atoms. The van der Waals surface area contributed by atoms with Crippen LogP contribution in [0.15, 0.2) is 60.8 Å². The number of hydrogen-bond acceptors (Lipinski definition) is 5. The van der Waals surface area contributed by atoms with Crippen LogP contribution in [0, 0.1) is 5.82 Å². The molecule has 7 heteroatoms. The van der Waals surface area contributed by atoms with Crippen LogP contribution in [0.25, 0.3) is 0 Å². The zero-order chi connectivity index (χ0) is 19.2. The summed E-state index contributed by atoms with van der Waals surface area (Å²) in [6.07, 6.45) is 1.47. The number of benzene rings is 2. The van der Waals surface area contributed by atoms with E-state index in [1.807, 2.05) is 0 Å². The van der Waals surface area contributed by atoms with E-state index < -0.39 is 5.82 Å². The molecule has 6 nitrogen and oxygen atoms in total. The fraction of sp³-hybridized carbons (Fsp3) is 0.100. The maximum atomic E-state index is 13.8. The van der Waals surface area contributed by atoms with Gasteiger partial charge in [0.25, 0.3) is 5.91 Å². The van der Waals surface area contributed by atoms with Gasteiger partial charge in [0.2, 0.25) is 0 Å². The van der Waals surface area contributed by atoms with Crippen LogP contribution in [-0.2, 0) is 0 Å². The van der Waals surface area contributed by atoms with Gasteiger partial charge in [-0.05, 0) is 36.4 Å². The molecule has 1 heterocycles. The Labute approximate surface area is 156 Å². The lowest BCUT2D eigenvalue weighted by Gasteiger charge is -2.12. The van der Waals surface area contributed by atoms with Gasteiger partial charge in [-0.25, -0.2) is 9.37 Å². The highest BCUT2D eigenvalue weighted by Gasteiger charge is 2.12. The van der Waals surface area contributed by atoms with Gasteiger partial charge in [-0.3, -0.25) is 4.79 Å². The van der Waals surface area contributed by atoms with Crippen LogP contribution >= 0.6 is 0 Å². The van der Waals surface area contributed by atoms with Crippen molar-refractivity contribution in [3.63, 3.8) is 0 Å². The van der Waals surface area contributed by atoms with Crippen molar-refractivity contribution >= 4 is 23.1 Å². The first-order chi connectivity index (χ1) is 13.1. The Morgan fingerprint density at radius 1 is 1.00 bits per heavy atom. The Hall–Kier alpha value is -3.61. The summed E-state index contributed by atoms with van der Waals surface area (Å²) in [5.74, 6) is 0.673. The number of halogens is 1. The minimum Gasteiger partial charge on any atom is -0.497 e. The number of anilines is 3. The van der Waals surface area contributed by atoms with Crippen LogP contribution in [0.4, 0.5) is 21.6 Å². The molecule has 0 saturated carbocycles. The summed E-state index contributed by atoms with van der Waals surface area (Å²) in [7, 11) is 3.05. The lowest BCUT2D eigenvalue weighted by Crippen LogP contribution is -2.13. The summed E-state index contributed by atoms with van der Waals surface area (Å²) in [5.41, 5.74) is 1.10. The lowest BCUT2D eigenvalue weighted by atomic mass is 10.2. The molecule has 0 saturated heterocycles. The molecule has 3 rings (SSSR count). The van der Waals surface area contributed by atoms with Gasteiger partial charge < -0.3 is 20.1 Å². The molecule has 0 aliphatic heterocycles. The predicted molar refractivity (Wildman–Crippen MR) is 101 cm³/mol. The quantitative estimate of drug-likeness (QED) is 0.682. The molecule has 0 aliphatic rings. The third-order valence-electron chi connectivity index (χ3n) is 3.81. The van der Waals surface area contributed by atoms with E-state index in [4.69, 9.17) is 9.47 Å². The SMILES string of the molecule is COc1ccc(OC)c(NC(=O)c2ccnc(Nc3ccccc3F)c2)c1. The second-order valence-corrected chi connectivity index (χ2v) is 5.55. The average molecular weight is 367 g/mol. The zero-order valence-electron chi connectivity index (χ0n) is 14.8. The molecule has 0 fully saturated rings. The van der Waals surface area contributed by atoms with Gasteiger partial charge in [0.05, 0.1) is 25.6 Å². The molecule has 138 valence electrons. The van der Waals surface area contributed by atoms with Crippen LogP contribution in [0.2, 0.25) is 0 Å². The fourth-order valence-electron chi connectivity index (χ4n) is 2.45. The van der Waals surface area contributed by atoms with Crippen LogP contribution in [0.3, 0.4) is 0 Å². The van der Waals surface area contributed by atoms with E-state index >= 15 is 0 Å². The van der Waals surface area contributed by atoms with Gasteiger partial charge in [-0.1, -0.05) is 12.1 Å². The second-order valence-electron chi connectivity index (χ2n) is 5.55. The molecule has 2 aromatic carbocycles. The minimum absolute atomic E-state index is 0.275. The van der Waals surface area contributed by atoms with Gasteiger partial charge in [-0.2, -0.15) is 0 Å². The van der Waals surface area contributed by atoms with Crippen molar-refractivity contribution in [3.8, 4) is 11.5 Å². The number of pyridine rings is 1. The van der Waals surface area contributed by atoms with Gasteiger partial charge in [-0.15, -0.1) is 0 Å². The number of carbonyl (C=O) groups excluding carboxylic acids is 1. The van der Waals surface area contributed by atoms with E-state index in [0.717, 1.165) is 0 Å². The van der Waals surface area contributed by atoms with Crippen molar-refractivity contribution in [1.29, 1.82) is 0 Å². The van der Waals surface area contributed by atoms with E-state index in [1.54, 1.807) is 42.5 Å². The molecule has 0 spiro atoms. The third kappa shape index (κ3) is 4.33. The van der Waals surface area contributed by atoms with Crippen LogP contribution in [0.1, 0.15) is 10.4 Å². The van der Waals surface area contributed by atoms with Gasteiger partial charge in [0.1, 0.15) is 23.1 Å². The molecule has 1 amide bonds. The highest BCUT2D eigenvalue weighted by atomic mass is 19.1. The topological polar surface area (TPSA) is 72.5 Å². The van der Waals surface area contributed by atoms with Crippen LogP contribution in [-0.4, -0.2) is 25.1 Å². The average Bonchev–Trinajstić information content (AvgIpc) is 2.70. The standard InChI is InChI=1S/C20H18FN3O3/c1-26-14-7-8-18(27-2)17(12-14)24-20(25)13-9-10-22-19(11-13)23-16-6-4-3-5-15(16)21/h3-12H,1-2H3,(H,22,23)(H,24,25). The second kappa shape index (κ2) is 8.18. The predicted octanol–water partition coefficient (Wildman–Crippen LogP) is 4.23. The first kappa shape index (κ1) is 18.2. The molecule has 0 unspecified atom stereocenters. The highest BCUT2D eigenvalue weighted by molar-refractivity contribution is 6.05. The maximum Gasteiger partial charge on any atom is 0.255 e. The van der Waals surface area contributed by atoms with Crippen molar-refractivity contribution in [3.05, 3.63) is 72.2 Å². The molecule has 1 aromatic heterocycles. The van der Waals surface area contributed by atoms with Crippen molar-refractivity contribution in [2.45, 2.75) is 0 Å². The number of hydrogen-bond donors (Lipinski definition) is 2. The van der Waals surface area contributed by atoms with Crippen molar-refractivity contribution in [2.75, 3.05) is 24.9 Å². The van der Waals surface area contributed by atoms with E-state index in [1.165, 1.54) is 32.5 Å². The monoisotopic (exact) mass is 367 g/mol. The van der Waals surface area contributed by atoms with Crippen LogP contribution in [0.5, 0.6) is 11.5 Å². The molecule has 0 atom stereocenters. The van der Waals surface area contributed by atoms with Crippen molar-refractivity contribution in [1.82, 2.24) is 4.98 Å². The summed E-state index contributed by atoms with van der Waals surface area (Å²) >= 11 is 0. The normalized spacial score (nSPS) is 10.2. The van der Waals surface area contributed by atoms with Gasteiger partial charge >= 0.3 is 0 Å². The minimum atomic E-state index is -0.407. The molecular weight excluding hydrogens is 349 g/mol. The van der Waals surface area contributed by atoms with Gasteiger partial charge in [0, 0.05) is 17.8 Å². The van der Waals surface area contributed by atoms with Crippen molar-refractivity contribution < 1.29 is 18.7 Å². The van der Waals surface area contributed by atoms with Crippen LogP contribution < -0.4 is 20.1 Å². The largest absolute Gasteiger partial charge is 0.497 e. The molecule has 0 aliphatic carbocycles. The summed E-state index contributed by atoms with van der Waals surface area (Å²) in [6, 6.07) is 14.4.